The first-order chi connectivity index (χ1) is 12.5. The first-order valence-electron chi connectivity index (χ1n) is 11.2. The average Bonchev–Trinajstić information content (AvgIpc) is 2.88. The van der Waals surface area contributed by atoms with Crippen LogP contribution in [0.15, 0.2) is 0 Å². The third kappa shape index (κ3) is 2.85. The average molecular weight is 360 g/mol. The number of amides is 1. The molecule has 1 aliphatic heterocycles. The molecule has 3 saturated carbocycles. The van der Waals surface area contributed by atoms with E-state index in [2.05, 4.69) is 19.2 Å². The van der Waals surface area contributed by atoms with Crippen molar-refractivity contribution in [1.82, 2.24) is 5.32 Å². The van der Waals surface area contributed by atoms with E-state index in [-0.39, 0.29) is 0 Å². The molecule has 4 fully saturated rings. The Hall–Kier alpha value is -0.860. The molecule has 4 rings (SSSR count). The van der Waals surface area contributed by atoms with Crippen molar-refractivity contribution >= 4 is 12.2 Å². The topological polar surface area (TPSA) is 46.2 Å². The van der Waals surface area contributed by atoms with Crippen LogP contribution < -0.4 is 5.32 Å². The molecule has 0 aromatic carbocycles. The standard InChI is InChI=1S/C23H37NO2/c1-22-12-5-3-8-17(22)15-20(26)24-21-18-10-9-16(7-4-6-14-25)23(18,2)13-11-19(21)22/h14,16-19,21H,3-13,15H2,1-2H3,(H,24,26)/t16?,17?,18?,19?,21-,22?,23?/m0/s1. The van der Waals surface area contributed by atoms with Crippen LogP contribution in [0.1, 0.15) is 90.9 Å². The predicted octanol–water partition coefficient (Wildman–Crippen LogP) is 4.88. The van der Waals surface area contributed by atoms with Gasteiger partial charge in [0.1, 0.15) is 6.29 Å². The molecular weight excluding hydrogens is 322 g/mol. The van der Waals surface area contributed by atoms with E-state index >= 15 is 0 Å². The van der Waals surface area contributed by atoms with Crippen molar-refractivity contribution in [1.29, 1.82) is 0 Å². The van der Waals surface area contributed by atoms with Crippen molar-refractivity contribution < 1.29 is 9.59 Å². The number of hydrogen-bond acceptors (Lipinski definition) is 2. The third-order valence-corrected chi connectivity index (χ3v) is 9.40. The van der Waals surface area contributed by atoms with Crippen molar-refractivity contribution in [2.45, 2.75) is 96.9 Å². The highest BCUT2D eigenvalue weighted by atomic mass is 16.1. The maximum Gasteiger partial charge on any atom is 0.220 e. The second-order valence-corrected chi connectivity index (χ2v) is 10.4. The van der Waals surface area contributed by atoms with Crippen LogP contribution >= 0.6 is 0 Å². The largest absolute Gasteiger partial charge is 0.353 e. The number of aldehydes is 1. The monoisotopic (exact) mass is 359 g/mol. The number of fused-ring (bicyclic) bond motifs is 5. The van der Waals surface area contributed by atoms with Gasteiger partial charge in [0.25, 0.3) is 0 Å². The van der Waals surface area contributed by atoms with Gasteiger partial charge in [0, 0.05) is 18.9 Å². The minimum Gasteiger partial charge on any atom is -0.353 e. The highest BCUT2D eigenvalue weighted by Crippen LogP contribution is 2.63. The highest BCUT2D eigenvalue weighted by molar-refractivity contribution is 5.77. The van der Waals surface area contributed by atoms with E-state index in [9.17, 15) is 9.59 Å². The van der Waals surface area contributed by atoms with Crippen molar-refractivity contribution in [3.63, 3.8) is 0 Å². The minimum atomic E-state index is 0.323. The van der Waals surface area contributed by atoms with Gasteiger partial charge in [-0.15, -0.1) is 0 Å². The summed E-state index contributed by atoms with van der Waals surface area (Å²) < 4.78 is 0. The van der Waals surface area contributed by atoms with Gasteiger partial charge in [-0.2, -0.15) is 0 Å². The zero-order valence-corrected chi connectivity index (χ0v) is 16.8. The van der Waals surface area contributed by atoms with Crippen LogP contribution in [0.3, 0.4) is 0 Å². The summed E-state index contributed by atoms with van der Waals surface area (Å²) in [5.74, 6) is 2.98. The van der Waals surface area contributed by atoms with E-state index in [1.807, 2.05) is 0 Å². The molecule has 4 aliphatic rings. The number of hydrogen-bond donors (Lipinski definition) is 1. The van der Waals surface area contributed by atoms with Gasteiger partial charge in [0.15, 0.2) is 0 Å². The van der Waals surface area contributed by atoms with Gasteiger partial charge in [0.2, 0.25) is 5.91 Å². The van der Waals surface area contributed by atoms with Crippen molar-refractivity contribution in [2.75, 3.05) is 0 Å². The van der Waals surface area contributed by atoms with Gasteiger partial charge in [-0.25, -0.2) is 0 Å². The quantitative estimate of drug-likeness (QED) is 0.574. The van der Waals surface area contributed by atoms with Crippen LogP contribution in [0.4, 0.5) is 0 Å². The molecule has 0 bridgehead atoms. The summed E-state index contributed by atoms with van der Waals surface area (Å²) in [6.45, 7) is 5.03. The molecule has 146 valence electrons. The maximum absolute atomic E-state index is 12.8. The molecular formula is C23H37NO2. The van der Waals surface area contributed by atoms with Crippen molar-refractivity contribution in [3.05, 3.63) is 0 Å². The van der Waals surface area contributed by atoms with Gasteiger partial charge in [-0.1, -0.05) is 26.7 Å². The Labute approximate surface area is 159 Å². The van der Waals surface area contributed by atoms with Gasteiger partial charge in [-0.3, -0.25) is 4.79 Å². The summed E-state index contributed by atoms with van der Waals surface area (Å²) in [6.07, 6.45) is 15.2. The number of carbonyl (C=O) groups is 2. The molecule has 1 amide bonds. The normalized spacial score (nSPS) is 47.9. The van der Waals surface area contributed by atoms with Crippen LogP contribution in [-0.4, -0.2) is 18.2 Å². The van der Waals surface area contributed by atoms with E-state index in [1.54, 1.807) is 0 Å². The molecule has 6 unspecified atom stereocenters. The fraction of sp³-hybridized carbons (Fsp3) is 0.913. The molecule has 7 atom stereocenters. The van der Waals surface area contributed by atoms with Gasteiger partial charge < -0.3 is 10.1 Å². The number of unbranched alkanes of at least 4 members (excludes halogenated alkanes) is 1. The molecule has 1 N–H and O–H groups in total. The fourth-order valence-corrected chi connectivity index (χ4v) is 7.83. The zero-order valence-electron chi connectivity index (χ0n) is 16.8. The van der Waals surface area contributed by atoms with Crippen molar-refractivity contribution in [3.8, 4) is 0 Å². The van der Waals surface area contributed by atoms with Crippen LogP contribution in [0.2, 0.25) is 0 Å². The SMILES string of the molecule is CC12CCC3[C@@H](NC(=O)CC4CCCCC43C)C1CCC2CCCC=O. The third-order valence-electron chi connectivity index (χ3n) is 9.40. The number of nitrogens with one attached hydrogen (secondary N) is 1. The van der Waals surface area contributed by atoms with Gasteiger partial charge in [-0.05, 0) is 85.9 Å². The molecule has 1 saturated heterocycles. The Kier molecular flexibility index (Phi) is 4.94. The first-order valence-corrected chi connectivity index (χ1v) is 11.2. The Morgan fingerprint density at radius 2 is 1.85 bits per heavy atom. The summed E-state index contributed by atoms with van der Waals surface area (Å²) in [6, 6.07) is 0.394. The lowest BCUT2D eigenvalue weighted by Gasteiger charge is -2.55. The lowest BCUT2D eigenvalue weighted by Crippen LogP contribution is -2.56. The maximum atomic E-state index is 12.8. The molecule has 0 aromatic heterocycles. The van der Waals surface area contributed by atoms with Crippen LogP contribution in [0.5, 0.6) is 0 Å². The summed E-state index contributed by atoms with van der Waals surface area (Å²) in [5.41, 5.74) is 0.723. The first kappa shape index (κ1) is 18.5. The molecule has 1 heterocycles. The fourth-order valence-electron chi connectivity index (χ4n) is 7.83. The number of carbonyl (C=O) groups excluding carboxylic acids is 2. The van der Waals surface area contributed by atoms with E-state index in [0.29, 0.717) is 47.0 Å². The summed E-state index contributed by atoms with van der Waals surface area (Å²) >= 11 is 0. The van der Waals surface area contributed by atoms with Gasteiger partial charge in [0.05, 0.1) is 0 Å². The minimum absolute atomic E-state index is 0.323. The van der Waals surface area contributed by atoms with Crippen LogP contribution in [-0.2, 0) is 9.59 Å². The van der Waals surface area contributed by atoms with E-state index in [0.717, 1.165) is 25.0 Å². The van der Waals surface area contributed by atoms with Crippen molar-refractivity contribution in [2.24, 2.45) is 34.5 Å². The van der Waals surface area contributed by atoms with E-state index < -0.39 is 0 Å². The molecule has 3 aliphatic carbocycles. The molecule has 0 spiro atoms. The molecule has 0 radical (unpaired) electrons. The molecule has 3 nitrogen and oxygen atoms in total. The van der Waals surface area contributed by atoms with Crippen LogP contribution in [0, 0.1) is 34.5 Å². The molecule has 0 aromatic rings. The Balaban J connectivity index is 1.59. The predicted molar refractivity (Wildman–Crippen MR) is 104 cm³/mol. The second-order valence-electron chi connectivity index (χ2n) is 10.4. The Bertz CT molecular complexity index is 560. The van der Waals surface area contributed by atoms with Gasteiger partial charge >= 0.3 is 0 Å². The summed E-state index contributed by atoms with van der Waals surface area (Å²) in [4.78, 5) is 23.5. The number of rotatable bonds is 4. The zero-order chi connectivity index (χ0) is 18.4. The highest BCUT2D eigenvalue weighted by Gasteiger charge is 2.59. The van der Waals surface area contributed by atoms with Crippen LogP contribution in [0.25, 0.3) is 0 Å². The molecule has 3 heteroatoms. The second kappa shape index (κ2) is 6.95. The lowest BCUT2D eigenvalue weighted by molar-refractivity contribution is -0.123. The summed E-state index contributed by atoms with van der Waals surface area (Å²) in [7, 11) is 0. The summed E-state index contributed by atoms with van der Waals surface area (Å²) in [5, 5.41) is 3.55. The molecule has 26 heavy (non-hydrogen) atoms. The Morgan fingerprint density at radius 1 is 1.04 bits per heavy atom. The van der Waals surface area contributed by atoms with E-state index in [4.69, 9.17) is 0 Å². The van der Waals surface area contributed by atoms with E-state index in [1.165, 1.54) is 57.8 Å². The lowest BCUT2D eigenvalue weighted by atomic mass is 9.51. The Morgan fingerprint density at radius 3 is 2.65 bits per heavy atom. The smallest absolute Gasteiger partial charge is 0.220 e.